The fourth-order valence-corrected chi connectivity index (χ4v) is 1.21. The Hall–Kier alpha value is -2.31. The number of aryl methyl sites for hydroxylation is 1. The molecule has 7 heteroatoms. The maximum absolute atomic E-state index is 12.9. The van der Waals surface area contributed by atoms with Gasteiger partial charge in [0.05, 0.1) is 0 Å². The first-order chi connectivity index (χ1) is 8.06. The highest BCUT2D eigenvalue weighted by Gasteiger charge is 2.11. The first kappa shape index (κ1) is 11.2. The molecular weight excluding hydrogens is 230 g/mol. The van der Waals surface area contributed by atoms with Gasteiger partial charge in [0.25, 0.3) is 5.91 Å². The van der Waals surface area contributed by atoms with Crippen molar-refractivity contribution in [3.63, 3.8) is 0 Å². The van der Waals surface area contributed by atoms with Crippen LogP contribution in [-0.2, 0) is 0 Å². The van der Waals surface area contributed by atoms with Gasteiger partial charge in [-0.05, 0) is 25.1 Å². The van der Waals surface area contributed by atoms with Crippen LogP contribution in [0.5, 0.6) is 0 Å². The average Bonchev–Trinajstić information content (AvgIpc) is 2.68. The highest BCUT2D eigenvalue weighted by molar-refractivity contribution is 6.03. The summed E-state index contributed by atoms with van der Waals surface area (Å²) in [4.78, 5) is 15.4. The lowest BCUT2D eigenvalue weighted by Crippen LogP contribution is -2.13. The first-order valence-corrected chi connectivity index (χ1v) is 4.71. The van der Waals surface area contributed by atoms with Gasteiger partial charge in [-0.3, -0.25) is 15.2 Å². The number of halogens is 2. The van der Waals surface area contributed by atoms with Crippen LogP contribution in [0.2, 0.25) is 0 Å². The summed E-state index contributed by atoms with van der Waals surface area (Å²) in [6.07, 6.45) is 0. The molecule has 5 nitrogen and oxygen atoms in total. The van der Waals surface area contributed by atoms with E-state index in [2.05, 4.69) is 20.5 Å². The summed E-state index contributed by atoms with van der Waals surface area (Å²) in [5.41, 5.74) is -0.00801. The smallest absolute Gasteiger partial charge is 0.258 e. The number of anilines is 1. The van der Waals surface area contributed by atoms with E-state index in [4.69, 9.17) is 0 Å². The van der Waals surface area contributed by atoms with Crippen molar-refractivity contribution in [2.75, 3.05) is 5.32 Å². The van der Waals surface area contributed by atoms with E-state index in [0.29, 0.717) is 5.82 Å². The summed E-state index contributed by atoms with van der Waals surface area (Å²) in [6.45, 7) is 1.67. The predicted molar refractivity (Wildman–Crippen MR) is 55.4 cm³/mol. The van der Waals surface area contributed by atoms with Gasteiger partial charge in [0.1, 0.15) is 5.82 Å². The Morgan fingerprint density at radius 1 is 1.35 bits per heavy atom. The van der Waals surface area contributed by atoms with E-state index >= 15 is 0 Å². The van der Waals surface area contributed by atoms with Crippen molar-refractivity contribution in [3.05, 3.63) is 41.2 Å². The number of hydrogen-bond donors (Lipinski definition) is 2. The Balaban J connectivity index is 2.17. The molecule has 0 unspecified atom stereocenters. The maximum atomic E-state index is 12.9. The molecule has 0 fully saturated rings. The number of H-pyrrole nitrogens is 1. The molecule has 0 bridgehead atoms. The number of amides is 1. The zero-order valence-electron chi connectivity index (χ0n) is 8.79. The van der Waals surface area contributed by atoms with Crippen LogP contribution >= 0.6 is 0 Å². The van der Waals surface area contributed by atoms with E-state index in [9.17, 15) is 13.6 Å². The van der Waals surface area contributed by atoms with Crippen molar-refractivity contribution in [2.45, 2.75) is 6.92 Å². The van der Waals surface area contributed by atoms with Gasteiger partial charge in [0, 0.05) is 5.56 Å². The summed E-state index contributed by atoms with van der Waals surface area (Å²) < 4.78 is 25.5. The quantitative estimate of drug-likeness (QED) is 0.835. The van der Waals surface area contributed by atoms with Crippen molar-refractivity contribution < 1.29 is 13.6 Å². The van der Waals surface area contributed by atoms with Crippen molar-refractivity contribution in [1.29, 1.82) is 0 Å². The molecule has 0 spiro atoms. The number of aromatic amines is 1. The van der Waals surface area contributed by atoms with E-state index in [1.807, 2.05) is 0 Å². The molecule has 2 aromatic rings. The molecule has 0 aliphatic carbocycles. The molecular formula is C10H8F2N4O. The van der Waals surface area contributed by atoms with Gasteiger partial charge < -0.3 is 0 Å². The zero-order chi connectivity index (χ0) is 12.4. The van der Waals surface area contributed by atoms with Gasteiger partial charge in [0.15, 0.2) is 11.6 Å². The molecule has 0 aliphatic rings. The van der Waals surface area contributed by atoms with Gasteiger partial charge in [-0.15, -0.1) is 5.10 Å². The Bertz CT molecular complexity index is 567. The van der Waals surface area contributed by atoms with Crippen molar-refractivity contribution in [3.8, 4) is 0 Å². The van der Waals surface area contributed by atoms with Gasteiger partial charge >= 0.3 is 0 Å². The highest BCUT2D eigenvalue weighted by atomic mass is 19.2. The van der Waals surface area contributed by atoms with Crippen LogP contribution < -0.4 is 5.32 Å². The Kier molecular flexibility index (Phi) is 2.82. The zero-order valence-corrected chi connectivity index (χ0v) is 8.79. The predicted octanol–water partition coefficient (Wildman–Crippen LogP) is 1.64. The SMILES string of the molecule is Cc1nc(NC(=O)c2ccc(F)c(F)c2)n[nH]1. The van der Waals surface area contributed by atoms with E-state index in [-0.39, 0.29) is 11.5 Å². The molecule has 1 amide bonds. The lowest BCUT2D eigenvalue weighted by Gasteiger charge is -2.01. The molecule has 0 saturated heterocycles. The second-order valence-electron chi connectivity index (χ2n) is 3.33. The number of carbonyl (C=O) groups excluding carboxylic acids is 1. The molecule has 0 saturated carbocycles. The minimum Gasteiger partial charge on any atom is -0.289 e. The summed E-state index contributed by atoms with van der Waals surface area (Å²) in [5.74, 6) is -2.08. The normalized spacial score (nSPS) is 10.3. The van der Waals surface area contributed by atoms with Gasteiger partial charge in [-0.25, -0.2) is 8.78 Å². The van der Waals surface area contributed by atoms with E-state index in [0.717, 1.165) is 12.1 Å². The van der Waals surface area contributed by atoms with E-state index < -0.39 is 17.5 Å². The number of nitrogens with zero attached hydrogens (tertiary/aromatic N) is 2. The lowest BCUT2D eigenvalue weighted by atomic mass is 10.2. The first-order valence-electron chi connectivity index (χ1n) is 4.71. The molecule has 88 valence electrons. The molecule has 1 heterocycles. The molecule has 2 N–H and O–H groups in total. The number of carbonyl (C=O) groups is 1. The Labute approximate surface area is 94.9 Å². The van der Waals surface area contributed by atoms with E-state index in [1.54, 1.807) is 6.92 Å². The second kappa shape index (κ2) is 4.28. The fraction of sp³-hybridized carbons (Fsp3) is 0.100. The second-order valence-corrected chi connectivity index (χ2v) is 3.33. The number of rotatable bonds is 2. The number of hydrogen-bond acceptors (Lipinski definition) is 3. The minimum absolute atomic E-state index is 0.00801. The molecule has 0 radical (unpaired) electrons. The minimum atomic E-state index is -1.08. The Morgan fingerprint density at radius 3 is 2.71 bits per heavy atom. The fourth-order valence-electron chi connectivity index (χ4n) is 1.21. The van der Waals surface area contributed by atoms with Crippen LogP contribution in [0, 0.1) is 18.6 Å². The third-order valence-corrected chi connectivity index (χ3v) is 2.00. The van der Waals surface area contributed by atoms with Crippen LogP contribution in [0.25, 0.3) is 0 Å². The summed E-state index contributed by atoms with van der Waals surface area (Å²) >= 11 is 0. The molecule has 0 atom stereocenters. The molecule has 2 rings (SSSR count). The standard InChI is InChI=1S/C10H8F2N4O/c1-5-13-10(16-15-5)14-9(17)6-2-3-7(11)8(12)4-6/h2-4H,1H3,(H2,13,14,15,16,17). The van der Waals surface area contributed by atoms with Gasteiger partial charge in [0.2, 0.25) is 5.95 Å². The third kappa shape index (κ3) is 2.44. The van der Waals surface area contributed by atoms with Crippen molar-refractivity contribution in [1.82, 2.24) is 15.2 Å². The van der Waals surface area contributed by atoms with Gasteiger partial charge in [-0.2, -0.15) is 4.98 Å². The van der Waals surface area contributed by atoms with Crippen LogP contribution in [0.15, 0.2) is 18.2 Å². The van der Waals surface area contributed by atoms with Crippen molar-refractivity contribution in [2.24, 2.45) is 0 Å². The van der Waals surface area contributed by atoms with E-state index in [1.165, 1.54) is 6.07 Å². The summed E-state index contributed by atoms with van der Waals surface area (Å²) in [5, 5.41) is 8.57. The summed E-state index contributed by atoms with van der Waals surface area (Å²) in [6, 6.07) is 2.87. The topological polar surface area (TPSA) is 70.7 Å². The number of benzene rings is 1. The van der Waals surface area contributed by atoms with Crippen LogP contribution in [0.4, 0.5) is 14.7 Å². The average molecular weight is 238 g/mol. The van der Waals surface area contributed by atoms with Crippen LogP contribution in [0.3, 0.4) is 0 Å². The van der Waals surface area contributed by atoms with Gasteiger partial charge in [-0.1, -0.05) is 0 Å². The molecule has 17 heavy (non-hydrogen) atoms. The van der Waals surface area contributed by atoms with Crippen LogP contribution in [0.1, 0.15) is 16.2 Å². The largest absolute Gasteiger partial charge is 0.289 e. The maximum Gasteiger partial charge on any atom is 0.258 e. The highest BCUT2D eigenvalue weighted by Crippen LogP contribution is 2.10. The summed E-state index contributed by atoms with van der Waals surface area (Å²) in [7, 11) is 0. The van der Waals surface area contributed by atoms with Crippen molar-refractivity contribution >= 4 is 11.9 Å². The number of aromatic nitrogens is 3. The monoisotopic (exact) mass is 238 g/mol. The third-order valence-electron chi connectivity index (χ3n) is 2.00. The van der Waals surface area contributed by atoms with Crippen LogP contribution in [-0.4, -0.2) is 21.1 Å². The number of nitrogens with one attached hydrogen (secondary N) is 2. The molecule has 1 aromatic carbocycles. The molecule has 1 aromatic heterocycles. The Morgan fingerprint density at radius 2 is 2.12 bits per heavy atom. The molecule has 0 aliphatic heterocycles. The lowest BCUT2D eigenvalue weighted by molar-refractivity contribution is 0.102.